The van der Waals surface area contributed by atoms with Crippen LogP contribution in [0.1, 0.15) is 0 Å². The first-order valence-corrected chi connectivity index (χ1v) is 4.87. The molecule has 102 valence electrons. The number of nitrogens with two attached hydrogens (primary N) is 4. The molecule has 0 aliphatic rings. The lowest BCUT2D eigenvalue weighted by Crippen LogP contribution is -2.30. The summed E-state index contributed by atoms with van der Waals surface area (Å²) >= 11 is 0. The number of carbonyl (C=O) groups excluding carboxylic acids is 2. The van der Waals surface area contributed by atoms with Gasteiger partial charge in [-0.2, -0.15) is 0 Å². The highest BCUT2D eigenvalue weighted by Crippen LogP contribution is 1.84. The summed E-state index contributed by atoms with van der Waals surface area (Å²) < 4.78 is 9.23. The number of esters is 2. The van der Waals surface area contributed by atoms with E-state index in [4.69, 9.17) is 22.9 Å². The van der Waals surface area contributed by atoms with Crippen molar-refractivity contribution in [3.63, 3.8) is 0 Å². The highest BCUT2D eigenvalue weighted by atomic mass is 16.6. The molecular weight excluding hydrogens is 244 g/mol. The molecule has 0 aliphatic heterocycles. The van der Waals surface area contributed by atoms with Gasteiger partial charge in [0, 0.05) is 0 Å². The van der Waals surface area contributed by atoms with Crippen molar-refractivity contribution < 1.29 is 19.1 Å². The Labute approximate surface area is 103 Å². The number of aliphatic imine (C=N–C) groups is 2. The highest BCUT2D eigenvalue weighted by Gasteiger charge is 2.10. The molecule has 0 aromatic heterocycles. The summed E-state index contributed by atoms with van der Waals surface area (Å²) in [6, 6.07) is 0. The van der Waals surface area contributed by atoms with E-state index in [-0.39, 0.29) is 38.2 Å². The van der Waals surface area contributed by atoms with Gasteiger partial charge in [0.05, 0.1) is 13.3 Å². The van der Waals surface area contributed by atoms with Crippen molar-refractivity contribution in [3.05, 3.63) is 0 Å². The second-order valence-corrected chi connectivity index (χ2v) is 2.72. The van der Waals surface area contributed by atoms with Gasteiger partial charge in [0.1, 0.15) is 13.2 Å². The number of nitrogens with zero attached hydrogens (tertiary/aromatic N) is 2. The summed E-state index contributed by atoms with van der Waals surface area (Å²) in [5, 5.41) is 0. The molecule has 0 heterocycles. The summed E-state index contributed by atoms with van der Waals surface area (Å²) in [6.07, 6.45) is 0. The van der Waals surface area contributed by atoms with Gasteiger partial charge in [-0.05, 0) is 0 Å². The molecule has 0 unspecified atom stereocenters. The third-order valence-corrected chi connectivity index (χ3v) is 1.49. The average molecular weight is 260 g/mol. The van der Waals surface area contributed by atoms with Gasteiger partial charge in [0.2, 0.25) is 11.7 Å². The first kappa shape index (κ1) is 15.8. The van der Waals surface area contributed by atoms with Crippen LogP contribution in [0.2, 0.25) is 0 Å². The van der Waals surface area contributed by atoms with E-state index in [2.05, 4.69) is 19.5 Å². The predicted molar refractivity (Wildman–Crippen MR) is 63.3 cm³/mol. The standard InChI is InChI=1S/C8H16N6O4/c9-3-13-5(11)7(15)17-1-2-18-8(16)6(12)14-4-10/h1-4,9-10H2,(H2,11,13)(H2,12,14). The summed E-state index contributed by atoms with van der Waals surface area (Å²) in [6.45, 7) is -0.632. The highest BCUT2D eigenvalue weighted by molar-refractivity contribution is 6.35. The van der Waals surface area contributed by atoms with Crippen LogP contribution in [0.15, 0.2) is 9.98 Å². The Kier molecular flexibility index (Phi) is 7.81. The van der Waals surface area contributed by atoms with Crippen molar-refractivity contribution in [2.75, 3.05) is 26.6 Å². The molecule has 0 radical (unpaired) electrons. The van der Waals surface area contributed by atoms with Crippen molar-refractivity contribution in [1.82, 2.24) is 0 Å². The summed E-state index contributed by atoms with van der Waals surface area (Å²) in [4.78, 5) is 29.0. The smallest absolute Gasteiger partial charge is 0.373 e. The fraction of sp³-hybridized carbons (Fsp3) is 0.500. The van der Waals surface area contributed by atoms with Crippen molar-refractivity contribution in [3.8, 4) is 0 Å². The van der Waals surface area contributed by atoms with Gasteiger partial charge in [0.15, 0.2) is 0 Å². The Morgan fingerprint density at radius 1 is 0.833 bits per heavy atom. The van der Waals surface area contributed by atoms with E-state index in [1.54, 1.807) is 0 Å². The number of amidine groups is 2. The van der Waals surface area contributed by atoms with E-state index < -0.39 is 11.9 Å². The number of carbonyl (C=O) groups is 2. The summed E-state index contributed by atoms with van der Waals surface area (Å²) in [5.74, 6) is -2.40. The van der Waals surface area contributed by atoms with E-state index >= 15 is 0 Å². The summed E-state index contributed by atoms with van der Waals surface area (Å²) in [7, 11) is 0. The lowest BCUT2D eigenvalue weighted by molar-refractivity contribution is -0.143. The van der Waals surface area contributed by atoms with Crippen LogP contribution in [0.4, 0.5) is 0 Å². The molecule has 0 spiro atoms. The van der Waals surface area contributed by atoms with Crippen molar-refractivity contribution in [2.24, 2.45) is 32.9 Å². The third kappa shape index (κ3) is 6.40. The summed E-state index contributed by atoms with van der Waals surface area (Å²) in [5.41, 5.74) is 20.5. The van der Waals surface area contributed by atoms with Gasteiger partial charge in [-0.1, -0.05) is 0 Å². The minimum Gasteiger partial charge on any atom is -0.456 e. The van der Waals surface area contributed by atoms with Crippen LogP contribution >= 0.6 is 0 Å². The maximum atomic E-state index is 11.1. The molecule has 0 bridgehead atoms. The van der Waals surface area contributed by atoms with Crippen LogP contribution in [-0.4, -0.2) is 50.2 Å². The monoisotopic (exact) mass is 260 g/mol. The Bertz CT molecular complexity index is 319. The van der Waals surface area contributed by atoms with Gasteiger partial charge in [0.25, 0.3) is 0 Å². The molecule has 10 nitrogen and oxygen atoms in total. The van der Waals surface area contributed by atoms with Crippen LogP contribution < -0.4 is 22.9 Å². The van der Waals surface area contributed by atoms with Crippen LogP contribution in [0.25, 0.3) is 0 Å². The first-order chi connectivity index (χ1) is 8.52. The Balaban J connectivity index is 3.88. The van der Waals surface area contributed by atoms with E-state index in [0.29, 0.717) is 0 Å². The first-order valence-electron chi connectivity index (χ1n) is 4.87. The second kappa shape index (κ2) is 8.90. The Hall–Kier alpha value is -2.20. The van der Waals surface area contributed by atoms with Gasteiger partial charge >= 0.3 is 11.9 Å². The quantitative estimate of drug-likeness (QED) is 0.171. The molecule has 0 atom stereocenters. The fourth-order valence-corrected chi connectivity index (χ4v) is 0.742. The zero-order valence-electron chi connectivity index (χ0n) is 9.67. The van der Waals surface area contributed by atoms with Crippen LogP contribution in [0.3, 0.4) is 0 Å². The Morgan fingerprint density at radius 2 is 1.17 bits per heavy atom. The predicted octanol–water partition coefficient (Wildman–Crippen LogP) is -3.38. The molecular formula is C8H16N6O4. The van der Waals surface area contributed by atoms with Crippen molar-refractivity contribution in [1.29, 1.82) is 0 Å². The number of ether oxygens (including phenoxy) is 2. The maximum Gasteiger partial charge on any atom is 0.373 e. The van der Waals surface area contributed by atoms with Crippen LogP contribution in [-0.2, 0) is 19.1 Å². The number of rotatable bonds is 5. The normalized spacial score (nSPS) is 12.1. The molecule has 0 saturated heterocycles. The molecule has 10 heteroatoms. The average Bonchev–Trinajstić information content (AvgIpc) is 2.34. The maximum absolute atomic E-state index is 11.1. The number of hydrogen-bond donors (Lipinski definition) is 4. The number of hydrogen-bond acceptors (Lipinski definition) is 8. The fourth-order valence-electron chi connectivity index (χ4n) is 0.742. The third-order valence-electron chi connectivity index (χ3n) is 1.49. The lowest BCUT2D eigenvalue weighted by Gasteiger charge is -2.05. The van der Waals surface area contributed by atoms with E-state index in [0.717, 1.165) is 0 Å². The van der Waals surface area contributed by atoms with E-state index in [9.17, 15) is 9.59 Å². The lowest BCUT2D eigenvalue weighted by atomic mass is 10.6. The molecule has 0 fully saturated rings. The SMILES string of the molecule is NCN=C(N)C(=O)OCCOC(=O)C(N)=NCN. The largest absolute Gasteiger partial charge is 0.456 e. The Morgan fingerprint density at radius 3 is 1.44 bits per heavy atom. The van der Waals surface area contributed by atoms with Gasteiger partial charge in [-0.25, -0.2) is 19.6 Å². The van der Waals surface area contributed by atoms with E-state index in [1.165, 1.54) is 0 Å². The topological polar surface area (TPSA) is 181 Å². The van der Waals surface area contributed by atoms with Crippen LogP contribution in [0.5, 0.6) is 0 Å². The zero-order chi connectivity index (χ0) is 14.0. The van der Waals surface area contributed by atoms with Crippen molar-refractivity contribution >= 4 is 23.6 Å². The minimum atomic E-state index is -0.847. The van der Waals surface area contributed by atoms with Crippen molar-refractivity contribution in [2.45, 2.75) is 0 Å². The molecule has 0 aliphatic carbocycles. The zero-order valence-corrected chi connectivity index (χ0v) is 9.67. The molecule has 8 N–H and O–H groups in total. The molecule has 0 aromatic rings. The molecule has 0 aromatic carbocycles. The molecule has 0 saturated carbocycles. The molecule has 18 heavy (non-hydrogen) atoms. The molecule has 0 rings (SSSR count). The van der Waals surface area contributed by atoms with Gasteiger partial charge < -0.3 is 32.4 Å². The van der Waals surface area contributed by atoms with Gasteiger partial charge in [-0.3, -0.25) is 0 Å². The molecule has 0 amide bonds. The van der Waals surface area contributed by atoms with E-state index in [1.807, 2.05) is 0 Å². The minimum absolute atomic E-state index is 0.123. The second-order valence-electron chi connectivity index (χ2n) is 2.72. The van der Waals surface area contributed by atoms with Crippen LogP contribution in [0, 0.1) is 0 Å². The van der Waals surface area contributed by atoms with Gasteiger partial charge in [-0.15, -0.1) is 0 Å².